The van der Waals surface area contributed by atoms with E-state index in [1.54, 1.807) is 4.90 Å². The van der Waals surface area contributed by atoms with E-state index in [1.807, 2.05) is 71.9 Å². The number of hydrogen-bond acceptors (Lipinski definition) is 2. The smallest absolute Gasteiger partial charge is 0.242 e. The van der Waals surface area contributed by atoms with Crippen LogP contribution in [0.5, 0.6) is 0 Å². The van der Waals surface area contributed by atoms with Gasteiger partial charge in [0, 0.05) is 12.6 Å². The molecule has 0 aliphatic heterocycles. The van der Waals surface area contributed by atoms with Crippen LogP contribution in [0.25, 0.3) is 0 Å². The molecule has 1 N–H and O–H groups in total. The highest BCUT2D eigenvalue weighted by molar-refractivity contribution is 5.88. The predicted molar refractivity (Wildman–Crippen MR) is 119 cm³/mol. The highest BCUT2D eigenvalue weighted by Gasteiger charge is 2.27. The molecule has 0 saturated carbocycles. The van der Waals surface area contributed by atoms with Crippen molar-refractivity contribution >= 4 is 11.8 Å². The molecule has 2 atom stereocenters. The first-order valence-electron chi connectivity index (χ1n) is 10.4. The number of carbonyl (C=O) groups excluding carboxylic acids is 2. The van der Waals surface area contributed by atoms with Crippen molar-refractivity contribution in [3.63, 3.8) is 0 Å². The Labute approximate surface area is 175 Å². The monoisotopic (exact) mass is 394 g/mol. The Balaban J connectivity index is 2.26. The van der Waals surface area contributed by atoms with Crippen molar-refractivity contribution in [1.29, 1.82) is 0 Å². The number of aryl methyl sites for hydroxylation is 3. The lowest BCUT2D eigenvalue weighted by Crippen LogP contribution is -2.49. The minimum atomic E-state index is -0.539. The minimum Gasteiger partial charge on any atom is -0.352 e. The Morgan fingerprint density at radius 2 is 1.55 bits per heavy atom. The van der Waals surface area contributed by atoms with Gasteiger partial charge in [0.05, 0.1) is 6.42 Å². The van der Waals surface area contributed by atoms with Gasteiger partial charge in [-0.2, -0.15) is 0 Å². The van der Waals surface area contributed by atoms with Gasteiger partial charge >= 0.3 is 0 Å². The van der Waals surface area contributed by atoms with Gasteiger partial charge in [-0.3, -0.25) is 9.59 Å². The van der Waals surface area contributed by atoms with Crippen molar-refractivity contribution in [1.82, 2.24) is 10.2 Å². The molecule has 0 fully saturated rings. The molecule has 2 aromatic carbocycles. The van der Waals surface area contributed by atoms with E-state index in [2.05, 4.69) is 17.4 Å². The third-order valence-corrected chi connectivity index (χ3v) is 5.24. The van der Waals surface area contributed by atoms with E-state index >= 15 is 0 Å². The van der Waals surface area contributed by atoms with Gasteiger partial charge in [0.2, 0.25) is 11.8 Å². The van der Waals surface area contributed by atoms with Gasteiger partial charge in [0.15, 0.2) is 0 Å². The Hall–Kier alpha value is -2.62. The molecule has 4 nitrogen and oxygen atoms in total. The summed E-state index contributed by atoms with van der Waals surface area (Å²) in [7, 11) is 0. The second-order valence-electron chi connectivity index (χ2n) is 8.18. The summed E-state index contributed by atoms with van der Waals surface area (Å²) in [6, 6.07) is 13.8. The number of rotatable bonds is 8. The van der Waals surface area contributed by atoms with Gasteiger partial charge in [-0.05, 0) is 52.2 Å². The summed E-state index contributed by atoms with van der Waals surface area (Å²) in [6.45, 7) is 12.3. The Bertz CT molecular complexity index is 839. The fraction of sp³-hybridized carbons (Fsp3) is 0.440. The second-order valence-corrected chi connectivity index (χ2v) is 8.18. The molecule has 0 saturated heterocycles. The van der Waals surface area contributed by atoms with Gasteiger partial charge in [-0.15, -0.1) is 0 Å². The SMILES string of the molecule is CCC(C)NC(=O)C(C)N(Cc1cccc(C)c1)C(=O)Cc1cc(C)cc(C)c1. The normalized spacial score (nSPS) is 12.9. The molecule has 156 valence electrons. The maximum absolute atomic E-state index is 13.3. The molecule has 0 heterocycles. The Morgan fingerprint density at radius 3 is 2.14 bits per heavy atom. The molecule has 0 radical (unpaired) electrons. The maximum atomic E-state index is 13.3. The summed E-state index contributed by atoms with van der Waals surface area (Å²) in [5.74, 6) is -0.149. The number of carbonyl (C=O) groups is 2. The van der Waals surface area contributed by atoms with Gasteiger partial charge in [-0.25, -0.2) is 0 Å². The van der Waals surface area contributed by atoms with Crippen LogP contribution in [0, 0.1) is 20.8 Å². The van der Waals surface area contributed by atoms with E-state index in [9.17, 15) is 9.59 Å². The molecule has 2 rings (SSSR count). The van der Waals surface area contributed by atoms with E-state index < -0.39 is 6.04 Å². The Morgan fingerprint density at radius 1 is 0.931 bits per heavy atom. The van der Waals surface area contributed by atoms with Crippen molar-refractivity contribution in [3.8, 4) is 0 Å². The van der Waals surface area contributed by atoms with Crippen LogP contribution >= 0.6 is 0 Å². The number of benzene rings is 2. The summed E-state index contributed by atoms with van der Waals surface area (Å²) in [6.07, 6.45) is 1.14. The third kappa shape index (κ3) is 6.74. The van der Waals surface area contributed by atoms with Crippen LogP contribution in [0.2, 0.25) is 0 Å². The largest absolute Gasteiger partial charge is 0.352 e. The van der Waals surface area contributed by atoms with E-state index in [0.717, 1.165) is 34.2 Å². The first-order chi connectivity index (χ1) is 13.7. The molecule has 4 heteroatoms. The van der Waals surface area contributed by atoms with Crippen LogP contribution in [-0.2, 0) is 22.6 Å². The molecule has 2 unspecified atom stereocenters. The van der Waals surface area contributed by atoms with Crippen LogP contribution in [0.4, 0.5) is 0 Å². The van der Waals surface area contributed by atoms with E-state index in [-0.39, 0.29) is 24.3 Å². The van der Waals surface area contributed by atoms with Gasteiger partial charge in [0.25, 0.3) is 0 Å². The standard InChI is InChI=1S/C25H34N2O2/c1-7-20(5)26-25(29)21(6)27(16-22-10-8-9-17(2)12-22)24(28)15-23-13-18(3)11-19(4)14-23/h8-14,20-21H,7,15-16H2,1-6H3,(H,26,29). The molecule has 29 heavy (non-hydrogen) atoms. The number of amides is 2. The lowest BCUT2D eigenvalue weighted by Gasteiger charge is -2.30. The molecule has 2 amide bonds. The van der Waals surface area contributed by atoms with Gasteiger partial charge in [-0.1, -0.05) is 66.1 Å². The zero-order valence-corrected chi connectivity index (χ0v) is 18.6. The molecule has 0 aliphatic carbocycles. The Kier molecular flexibility index (Phi) is 8.00. The van der Waals surface area contributed by atoms with Crippen LogP contribution in [0.1, 0.15) is 55.0 Å². The molecule has 2 aromatic rings. The zero-order chi connectivity index (χ0) is 21.6. The minimum absolute atomic E-state index is 0.0386. The molecular weight excluding hydrogens is 360 g/mol. The maximum Gasteiger partial charge on any atom is 0.242 e. The number of nitrogens with zero attached hydrogens (tertiary/aromatic N) is 1. The van der Waals surface area contributed by atoms with Crippen molar-refractivity contribution < 1.29 is 9.59 Å². The highest BCUT2D eigenvalue weighted by Crippen LogP contribution is 2.16. The summed E-state index contributed by atoms with van der Waals surface area (Å²) >= 11 is 0. The fourth-order valence-corrected chi connectivity index (χ4v) is 3.50. The quantitative estimate of drug-likeness (QED) is 0.717. The summed E-state index contributed by atoms with van der Waals surface area (Å²) in [4.78, 5) is 27.7. The third-order valence-electron chi connectivity index (χ3n) is 5.24. The van der Waals surface area contributed by atoms with Crippen molar-refractivity contribution in [2.24, 2.45) is 0 Å². The van der Waals surface area contributed by atoms with E-state index in [0.29, 0.717) is 6.54 Å². The van der Waals surface area contributed by atoms with Crippen LogP contribution in [0.3, 0.4) is 0 Å². The van der Waals surface area contributed by atoms with Gasteiger partial charge in [0.1, 0.15) is 6.04 Å². The first-order valence-corrected chi connectivity index (χ1v) is 10.4. The lowest BCUT2D eigenvalue weighted by molar-refractivity contribution is -0.140. The molecular formula is C25H34N2O2. The second kappa shape index (κ2) is 10.2. The molecule has 0 aromatic heterocycles. The number of hydrogen-bond donors (Lipinski definition) is 1. The van der Waals surface area contributed by atoms with E-state index in [4.69, 9.17) is 0 Å². The summed E-state index contributed by atoms with van der Waals surface area (Å²) in [5.41, 5.74) is 5.43. The van der Waals surface area contributed by atoms with Crippen LogP contribution < -0.4 is 5.32 Å². The first kappa shape index (κ1) is 22.7. The predicted octanol–water partition coefficient (Wildman–Crippen LogP) is 4.49. The lowest BCUT2D eigenvalue weighted by atomic mass is 10.0. The van der Waals surface area contributed by atoms with Crippen molar-refractivity contribution in [2.75, 3.05) is 0 Å². The average molecular weight is 395 g/mol. The average Bonchev–Trinajstić information content (AvgIpc) is 2.64. The topological polar surface area (TPSA) is 49.4 Å². The highest BCUT2D eigenvalue weighted by atomic mass is 16.2. The van der Waals surface area contributed by atoms with Crippen LogP contribution in [0.15, 0.2) is 42.5 Å². The number of nitrogens with one attached hydrogen (secondary N) is 1. The van der Waals surface area contributed by atoms with Crippen molar-refractivity contribution in [3.05, 3.63) is 70.3 Å². The van der Waals surface area contributed by atoms with Crippen LogP contribution in [-0.4, -0.2) is 28.8 Å². The van der Waals surface area contributed by atoms with Gasteiger partial charge < -0.3 is 10.2 Å². The van der Waals surface area contributed by atoms with Crippen molar-refractivity contribution in [2.45, 2.75) is 73.0 Å². The van der Waals surface area contributed by atoms with E-state index in [1.165, 1.54) is 0 Å². The zero-order valence-electron chi connectivity index (χ0n) is 18.6. The molecule has 0 bridgehead atoms. The summed E-state index contributed by atoms with van der Waals surface area (Å²) < 4.78 is 0. The molecule has 0 spiro atoms. The fourth-order valence-electron chi connectivity index (χ4n) is 3.50. The molecule has 0 aliphatic rings. The summed E-state index contributed by atoms with van der Waals surface area (Å²) in [5, 5.41) is 3.01.